The summed E-state index contributed by atoms with van der Waals surface area (Å²) in [7, 11) is -4.78. The Balaban J connectivity index is 1.56. The van der Waals surface area contributed by atoms with E-state index in [2.05, 4.69) is 6.92 Å². The monoisotopic (exact) mass is 488 g/mol. The highest BCUT2D eigenvalue weighted by molar-refractivity contribution is 7.46. The minimum atomic E-state index is -4.78. The van der Waals surface area contributed by atoms with Crippen LogP contribution in [0.2, 0.25) is 0 Å². The lowest BCUT2D eigenvalue weighted by molar-refractivity contribution is -0.295. The molecule has 186 valence electrons. The van der Waals surface area contributed by atoms with Crippen LogP contribution >= 0.6 is 7.82 Å². The summed E-state index contributed by atoms with van der Waals surface area (Å²) in [6.07, 6.45) is -2.07. The van der Waals surface area contributed by atoms with Crippen LogP contribution < -0.4 is 0 Å². The Bertz CT molecular complexity index is 943. The number of ether oxygens (including phenoxy) is 4. The Labute approximate surface area is 192 Å². The minimum absolute atomic E-state index is 0.0260. The fourth-order valence-electron chi connectivity index (χ4n) is 7.39. The number of aliphatic hydroxyl groups is 1. The van der Waals surface area contributed by atoms with Crippen LogP contribution in [0.5, 0.6) is 0 Å². The van der Waals surface area contributed by atoms with Gasteiger partial charge in [-0.1, -0.05) is 20.8 Å². The van der Waals surface area contributed by atoms with Gasteiger partial charge in [-0.2, -0.15) is 0 Å². The van der Waals surface area contributed by atoms with E-state index in [0.29, 0.717) is 19.4 Å². The number of carbonyl (C=O) groups is 1. The second kappa shape index (κ2) is 7.34. The maximum Gasteiger partial charge on any atom is 0.471 e. The molecule has 0 aromatic heterocycles. The average Bonchev–Trinajstić information content (AvgIpc) is 3.36. The van der Waals surface area contributed by atoms with Crippen molar-refractivity contribution in [2.75, 3.05) is 13.2 Å². The number of aliphatic hydroxyl groups excluding tert-OH is 1. The fraction of sp³-hybridized carbons (Fsp3) is 0.864. The molecule has 11 heteroatoms. The lowest BCUT2D eigenvalue weighted by Crippen LogP contribution is -2.75. The van der Waals surface area contributed by atoms with Crippen LogP contribution in [-0.4, -0.2) is 69.9 Å². The molecule has 0 aromatic rings. The van der Waals surface area contributed by atoms with Gasteiger partial charge in [0, 0.05) is 22.8 Å². The van der Waals surface area contributed by atoms with Gasteiger partial charge in [-0.05, 0) is 38.2 Å². The van der Waals surface area contributed by atoms with E-state index >= 15 is 0 Å². The third kappa shape index (κ3) is 3.12. The van der Waals surface area contributed by atoms with E-state index in [1.54, 1.807) is 0 Å². The van der Waals surface area contributed by atoms with Gasteiger partial charge in [0.05, 0.1) is 18.8 Å². The van der Waals surface area contributed by atoms with Crippen molar-refractivity contribution in [2.45, 2.75) is 83.3 Å². The number of rotatable bonds is 5. The van der Waals surface area contributed by atoms with Crippen molar-refractivity contribution in [3.63, 3.8) is 0 Å². The van der Waals surface area contributed by atoms with Gasteiger partial charge in [-0.3, -0.25) is 4.52 Å². The first kappa shape index (κ1) is 23.9. The smallest absolute Gasteiger partial charge is 0.458 e. The Hall–Kier alpha value is -0.840. The van der Waals surface area contributed by atoms with E-state index in [0.717, 1.165) is 11.1 Å². The van der Waals surface area contributed by atoms with Gasteiger partial charge in [0.2, 0.25) is 0 Å². The third-order valence-electron chi connectivity index (χ3n) is 8.86. The molecule has 5 rings (SSSR count). The molecule has 1 saturated carbocycles. The summed E-state index contributed by atoms with van der Waals surface area (Å²) in [5, 5.41) is 11.4. The summed E-state index contributed by atoms with van der Waals surface area (Å²) in [5.74, 6) is -0.799. The highest BCUT2D eigenvalue weighted by Crippen LogP contribution is 2.72. The number of epoxide rings is 1. The molecule has 3 fully saturated rings. The molecular formula is C22H33O10P. The van der Waals surface area contributed by atoms with E-state index in [9.17, 15) is 24.3 Å². The predicted octanol–water partition coefficient (Wildman–Crippen LogP) is 1.67. The van der Waals surface area contributed by atoms with Crippen LogP contribution in [0.4, 0.5) is 0 Å². The molecule has 3 heterocycles. The number of phosphoric acid groups is 1. The number of carbonyl (C=O) groups excluding carboxylic acids is 1. The molecule has 0 radical (unpaired) electrons. The molecule has 2 saturated heterocycles. The molecule has 8 unspecified atom stereocenters. The van der Waals surface area contributed by atoms with Gasteiger partial charge < -0.3 is 33.8 Å². The summed E-state index contributed by atoms with van der Waals surface area (Å²) < 4.78 is 40.6. The largest absolute Gasteiger partial charge is 0.471 e. The summed E-state index contributed by atoms with van der Waals surface area (Å²) in [5.41, 5.74) is -0.660. The standard InChI is InChI=1S/C22H33O10P/c1-10(2)15-16(23)18-22(31-18)20(4)7-6-12-13(8-28-19(12)24)14(20)9-29-21(22,5)17(15)30-11(3)32-33(25,26)27/h10-11,14-18,23H,6-9H2,1-5H3,(H2,25,26,27)/t11?,14?,15?,16-,17?,18?,20?,21?,22?/m1/s1. The highest BCUT2D eigenvalue weighted by Gasteiger charge is 2.86. The van der Waals surface area contributed by atoms with E-state index in [-0.39, 0.29) is 24.4 Å². The second-order valence-electron chi connectivity index (χ2n) is 10.8. The molecule has 3 aliphatic heterocycles. The van der Waals surface area contributed by atoms with Crippen molar-refractivity contribution in [1.82, 2.24) is 0 Å². The van der Waals surface area contributed by atoms with Gasteiger partial charge >= 0.3 is 13.8 Å². The minimum Gasteiger partial charge on any atom is -0.458 e. The van der Waals surface area contributed by atoms with Gasteiger partial charge in [0.15, 0.2) is 6.29 Å². The van der Waals surface area contributed by atoms with Crippen molar-refractivity contribution in [3.8, 4) is 0 Å². The van der Waals surface area contributed by atoms with Crippen molar-refractivity contribution >= 4 is 13.8 Å². The first-order valence-electron chi connectivity index (χ1n) is 11.5. The second-order valence-corrected chi connectivity index (χ2v) is 12.0. The zero-order chi connectivity index (χ0) is 24.1. The van der Waals surface area contributed by atoms with E-state index < -0.39 is 55.0 Å². The van der Waals surface area contributed by atoms with E-state index in [1.165, 1.54) is 6.92 Å². The maximum atomic E-state index is 12.2. The Morgan fingerprint density at radius 2 is 1.91 bits per heavy atom. The van der Waals surface area contributed by atoms with Gasteiger partial charge in [-0.25, -0.2) is 9.36 Å². The Morgan fingerprint density at radius 3 is 2.55 bits per heavy atom. The van der Waals surface area contributed by atoms with Crippen LogP contribution in [0.15, 0.2) is 11.1 Å². The Morgan fingerprint density at radius 1 is 1.21 bits per heavy atom. The van der Waals surface area contributed by atoms with E-state index in [1.807, 2.05) is 20.8 Å². The van der Waals surface area contributed by atoms with Crippen LogP contribution in [-0.2, 0) is 32.8 Å². The van der Waals surface area contributed by atoms with Gasteiger partial charge in [0.1, 0.15) is 23.9 Å². The molecule has 0 aromatic carbocycles. The number of phosphoric ester groups is 1. The number of fused-ring (bicyclic) bond motifs is 2. The number of esters is 1. The first-order chi connectivity index (χ1) is 15.3. The van der Waals surface area contributed by atoms with Crippen molar-refractivity contribution in [1.29, 1.82) is 0 Å². The maximum absolute atomic E-state index is 12.2. The highest BCUT2D eigenvalue weighted by atomic mass is 31.2. The summed E-state index contributed by atoms with van der Waals surface area (Å²) in [6, 6.07) is 0. The quantitative estimate of drug-likeness (QED) is 0.226. The molecule has 10 nitrogen and oxygen atoms in total. The predicted molar refractivity (Wildman–Crippen MR) is 113 cm³/mol. The number of cyclic esters (lactones) is 1. The molecule has 0 amide bonds. The van der Waals surface area contributed by atoms with Crippen molar-refractivity contribution in [3.05, 3.63) is 11.1 Å². The molecule has 5 aliphatic rings. The Kier molecular flexibility index (Phi) is 5.31. The van der Waals surface area contributed by atoms with E-state index in [4.69, 9.17) is 23.5 Å². The SMILES string of the molecule is CC(OC1C(C(C)C)[C@@H](O)C2OC23C2(C)CCC4=C(COC4=O)C2COC13C)OP(=O)(O)O. The topological polar surface area (TPSA) is 144 Å². The number of hydrogen-bond donors (Lipinski definition) is 3. The molecule has 3 N–H and O–H groups in total. The lowest BCUT2D eigenvalue weighted by Gasteiger charge is -2.62. The molecule has 33 heavy (non-hydrogen) atoms. The fourth-order valence-corrected chi connectivity index (χ4v) is 7.83. The number of hydrogen-bond acceptors (Lipinski definition) is 8. The zero-order valence-electron chi connectivity index (χ0n) is 19.5. The van der Waals surface area contributed by atoms with Crippen LogP contribution in [0.3, 0.4) is 0 Å². The average molecular weight is 488 g/mol. The third-order valence-corrected chi connectivity index (χ3v) is 9.43. The summed E-state index contributed by atoms with van der Waals surface area (Å²) in [6.45, 7) is 9.96. The normalized spacial score (nSPS) is 47.4. The lowest BCUT2D eigenvalue weighted by atomic mass is 9.48. The summed E-state index contributed by atoms with van der Waals surface area (Å²) in [4.78, 5) is 30.7. The molecule has 2 aliphatic carbocycles. The molecule has 0 bridgehead atoms. The zero-order valence-corrected chi connectivity index (χ0v) is 20.4. The van der Waals surface area contributed by atoms with Crippen LogP contribution in [0.1, 0.15) is 47.5 Å². The van der Waals surface area contributed by atoms with Gasteiger partial charge in [0.25, 0.3) is 0 Å². The molecule has 9 atom stereocenters. The van der Waals surface area contributed by atoms with Crippen LogP contribution in [0, 0.1) is 23.2 Å². The van der Waals surface area contributed by atoms with Crippen molar-refractivity contribution in [2.24, 2.45) is 23.2 Å². The van der Waals surface area contributed by atoms with Crippen molar-refractivity contribution < 1.29 is 47.7 Å². The first-order valence-corrected chi connectivity index (χ1v) is 13.1. The summed E-state index contributed by atoms with van der Waals surface area (Å²) >= 11 is 0. The van der Waals surface area contributed by atoms with Gasteiger partial charge in [-0.15, -0.1) is 0 Å². The van der Waals surface area contributed by atoms with Crippen LogP contribution in [0.25, 0.3) is 0 Å². The molecule has 1 spiro atoms. The molecular weight excluding hydrogens is 455 g/mol.